The molecule has 7 heteroatoms. The number of carbonyl (C=O) groups is 3. The number of methoxy groups -OCH3 is 1. The number of rotatable bonds is 6. The second-order valence-corrected chi connectivity index (χ2v) is 7.43. The van der Waals surface area contributed by atoms with Crippen LogP contribution in [0.5, 0.6) is 0 Å². The van der Waals surface area contributed by atoms with Gasteiger partial charge in [-0.05, 0) is 47.0 Å². The van der Waals surface area contributed by atoms with Gasteiger partial charge in [-0.3, -0.25) is 4.79 Å². The highest BCUT2D eigenvalue weighted by atomic mass is 16.6. The molecule has 0 rings (SSSR count). The van der Waals surface area contributed by atoms with Crippen molar-refractivity contribution in [2.24, 2.45) is 5.92 Å². The van der Waals surface area contributed by atoms with Crippen molar-refractivity contribution in [2.75, 3.05) is 7.11 Å². The van der Waals surface area contributed by atoms with Gasteiger partial charge in [0, 0.05) is 0 Å². The summed E-state index contributed by atoms with van der Waals surface area (Å²) < 4.78 is 9.83. The third kappa shape index (κ3) is 8.42. The summed E-state index contributed by atoms with van der Waals surface area (Å²) in [6, 6.07) is -0.797. The number of carbonyl (C=O) groups excluding carboxylic acids is 3. The van der Waals surface area contributed by atoms with E-state index in [1.807, 2.05) is 13.8 Å². The fourth-order valence-electron chi connectivity index (χ4n) is 1.85. The summed E-state index contributed by atoms with van der Waals surface area (Å²) >= 11 is 0. The lowest BCUT2D eigenvalue weighted by molar-refractivity contribution is -0.149. The predicted molar refractivity (Wildman–Crippen MR) is 86.9 cm³/mol. The highest BCUT2D eigenvalue weighted by Crippen LogP contribution is 2.11. The Bertz CT molecular complexity index is 438. The number of ether oxygens (including phenoxy) is 2. The topological polar surface area (TPSA) is 93.7 Å². The maximum absolute atomic E-state index is 12.4. The molecule has 23 heavy (non-hydrogen) atoms. The van der Waals surface area contributed by atoms with Crippen LogP contribution in [0.25, 0.3) is 0 Å². The van der Waals surface area contributed by atoms with E-state index in [0.29, 0.717) is 6.42 Å². The Kier molecular flexibility index (Phi) is 7.54. The van der Waals surface area contributed by atoms with E-state index in [2.05, 4.69) is 15.4 Å². The largest absolute Gasteiger partial charge is 0.467 e. The molecular weight excluding hydrogens is 300 g/mol. The highest BCUT2D eigenvalue weighted by molar-refractivity contribution is 5.91. The third-order valence-corrected chi connectivity index (χ3v) is 2.85. The summed E-state index contributed by atoms with van der Waals surface area (Å²) in [5.74, 6) is -0.853. The number of esters is 1. The zero-order valence-corrected chi connectivity index (χ0v) is 15.4. The number of amides is 2. The number of hydrogen-bond donors (Lipinski definition) is 2. The van der Waals surface area contributed by atoms with Crippen LogP contribution in [0.1, 0.15) is 54.9 Å². The van der Waals surface area contributed by atoms with Crippen molar-refractivity contribution >= 4 is 18.0 Å². The number of alkyl carbamates (subject to hydrolysis) is 1. The molecule has 2 N–H and O–H groups in total. The van der Waals surface area contributed by atoms with Gasteiger partial charge in [-0.25, -0.2) is 9.59 Å². The van der Waals surface area contributed by atoms with Crippen LogP contribution in [0.4, 0.5) is 4.79 Å². The van der Waals surface area contributed by atoms with Crippen molar-refractivity contribution in [1.29, 1.82) is 0 Å². The lowest BCUT2D eigenvalue weighted by Gasteiger charge is -2.28. The van der Waals surface area contributed by atoms with Crippen LogP contribution in [0.3, 0.4) is 0 Å². The smallest absolute Gasteiger partial charge is 0.408 e. The van der Waals surface area contributed by atoms with Crippen LogP contribution in [0.15, 0.2) is 0 Å². The Balaban J connectivity index is 4.99. The van der Waals surface area contributed by atoms with Gasteiger partial charge in [-0.15, -0.1) is 0 Å². The van der Waals surface area contributed by atoms with Crippen molar-refractivity contribution < 1.29 is 23.9 Å². The molecule has 7 nitrogen and oxygen atoms in total. The molecule has 0 aliphatic carbocycles. The Morgan fingerprint density at radius 3 is 1.96 bits per heavy atom. The Labute approximate surface area is 138 Å². The van der Waals surface area contributed by atoms with E-state index >= 15 is 0 Å². The molecule has 0 aliphatic rings. The normalized spacial score (nSPS) is 13.3. The van der Waals surface area contributed by atoms with E-state index in [1.54, 1.807) is 20.8 Å². The van der Waals surface area contributed by atoms with Crippen molar-refractivity contribution in [3.63, 3.8) is 0 Å². The molecule has 0 radical (unpaired) electrons. The van der Waals surface area contributed by atoms with Gasteiger partial charge in [0.2, 0.25) is 5.91 Å². The minimum atomic E-state index is -1.18. The zero-order chi connectivity index (χ0) is 18.4. The fraction of sp³-hybridized carbons (Fsp3) is 0.812. The van der Waals surface area contributed by atoms with Gasteiger partial charge in [0.1, 0.15) is 17.2 Å². The molecule has 0 unspecified atom stereocenters. The molecule has 0 aromatic rings. The minimum Gasteiger partial charge on any atom is -0.467 e. The number of nitrogens with one attached hydrogen (secondary N) is 2. The average Bonchev–Trinajstić information content (AvgIpc) is 2.33. The van der Waals surface area contributed by atoms with Crippen LogP contribution in [0.2, 0.25) is 0 Å². The second kappa shape index (κ2) is 8.17. The van der Waals surface area contributed by atoms with E-state index in [1.165, 1.54) is 21.0 Å². The van der Waals surface area contributed by atoms with Crippen molar-refractivity contribution in [3.8, 4) is 0 Å². The van der Waals surface area contributed by atoms with Gasteiger partial charge in [0.25, 0.3) is 0 Å². The molecular formula is C16H30N2O5. The average molecular weight is 330 g/mol. The van der Waals surface area contributed by atoms with Crippen LogP contribution in [-0.2, 0) is 19.1 Å². The molecule has 0 spiro atoms. The molecule has 0 aliphatic heterocycles. The van der Waals surface area contributed by atoms with Crippen LogP contribution in [-0.4, -0.2) is 42.3 Å². The van der Waals surface area contributed by atoms with E-state index in [-0.39, 0.29) is 5.92 Å². The van der Waals surface area contributed by atoms with E-state index in [9.17, 15) is 14.4 Å². The van der Waals surface area contributed by atoms with Gasteiger partial charge in [0.05, 0.1) is 7.11 Å². The summed E-state index contributed by atoms with van der Waals surface area (Å²) in [5.41, 5.74) is -1.84. The summed E-state index contributed by atoms with van der Waals surface area (Å²) in [7, 11) is 1.25. The first-order valence-electron chi connectivity index (χ1n) is 7.68. The van der Waals surface area contributed by atoms with Gasteiger partial charge < -0.3 is 20.1 Å². The first-order chi connectivity index (χ1) is 10.3. The van der Waals surface area contributed by atoms with Gasteiger partial charge >= 0.3 is 12.1 Å². The lowest BCUT2D eigenvalue weighted by Crippen LogP contribution is -2.57. The third-order valence-electron chi connectivity index (χ3n) is 2.85. The Morgan fingerprint density at radius 1 is 1.04 bits per heavy atom. The minimum absolute atomic E-state index is 0.168. The van der Waals surface area contributed by atoms with Gasteiger partial charge in [0.15, 0.2) is 0 Å². The zero-order valence-electron chi connectivity index (χ0n) is 15.4. The number of hydrogen-bond acceptors (Lipinski definition) is 5. The van der Waals surface area contributed by atoms with E-state index < -0.39 is 35.2 Å². The summed E-state index contributed by atoms with van der Waals surface area (Å²) in [6.07, 6.45) is -0.253. The molecule has 134 valence electrons. The first-order valence-corrected chi connectivity index (χ1v) is 7.68. The van der Waals surface area contributed by atoms with Crippen LogP contribution in [0, 0.1) is 5.92 Å². The summed E-state index contributed by atoms with van der Waals surface area (Å²) in [4.78, 5) is 36.0. The molecule has 0 aromatic heterocycles. The molecule has 1 atom stereocenters. The quantitative estimate of drug-likeness (QED) is 0.727. The summed E-state index contributed by atoms with van der Waals surface area (Å²) in [5, 5.41) is 5.16. The maximum Gasteiger partial charge on any atom is 0.408 e. The van der Waals surface area contributed by atoms with Crippen LogP contribution >= 0.6 is 0 Å². The van der Waals surface area contributed by atoms with Crippen molar-refractivity contribution in [2.45, 2.75) is 72.1 Å². The Hall–Kier alpha value is -1.79. The van der Waals surface area contributed by atoms with Crippen molar-refractivity contribution in [3.05, 3.63) is 0 Å². The summed E-state index contributed by atoms with van der Waals surface area (Å²) in [6.45, 7) is 12.2. The maximum atomic E-state index is 12.4. The molecule has 0 fully saturated rings. The molecule has 0 heterocycles. The van der Waals surface area contributed by atoms with Crippen molar-refractivity contribution in [1.82, 2.24) is 10.6 Å². The highest BCUT2D eigenvalue weighted by Gasteiger charge is 2.34. The van der Waals surface area contributed by atoms with E-state index in [4.69, 9.17) is 4.74 Å². The molecule has 2 amide bonds. The van der Waals surface area contributed by atoms with Crippen LogP contribution < -0.4 is 10.6 Å². The first kappa shape index (κ1) is 21.2. The monoisotopic (exact) mass is 330 g/mol. The fourth-order valence-corrected chi connectivity index (χ4v) is 1.85. The Morgan fingerprint density at radius 2 is 1.57 bits per heavy atom. The lowest BCUT2D eigenvalue weighted by atomic mass is 10.0. The van der Waals surface area contributed by atoms with Gasteiger partial charge in [-0.1, -0.05) is 13.8 Å². The molecule has 0 aromatic carbocycles. The SMILES string of the molecule is COC(=O)C(C)(C)NC(=O)[C@H](CC(C)C)NC(=O)OC(C)(C)C. The second-order valence-electron chi connectivity index (χ2n) is 7.43. The molecule has 0 saturated carbocycles. The standard InChI is InChI=1S/C16H30N2O5/c1-10(2)9-11(17-14(21)23-15(3,4)5)12(19)18-16(6,7)13(20)22-8/h10-11H,9H2,1-8H3,(H,17,21)(H,18,19)/t11-/m0/s1. The molecule has 0 bridgehead atoms. The predicted octanol–water partition coefficient (Wildman–Crippen LogP) is 1.99. The molecule has 0 saturated heterocycles. The van der Waals surface area contributed by atoms with E-state index in [0.717, 1.165) is 0 Å². The van der Waals surface area contributed by atoms with Gasteiger partial charge in [-0.2, -0.15) is 0 Å².